The Morgan fingerprint density at radius 1 is 1.38 bits per heavy atom. The molecule has 0 aliphatic carbocycles. The molecule has 0 amide bonds. The van der Waals surface area contributed by atoms with Crippen LogP contribution in [0.2, 0.25) is 0 Å². The minimum Gasteiger partial charge on any atom is -0.493 e. The monoisotopic (exact) mass is 333 g/mol. The van der Waals surface area contributed by atoms with Crippen molar-refractivity contribution in [3.8, 4) is 23.1 Å². The second-order valence-electron chi connectivity index (χ2n) is 5.12. The minimum absolute atomic E-state index is 0.200. The molecule has 0 aliphatic rings. The highest BCUT2D eigenvalue weighted by molar-refractivity contribution is 5.63. The zero-order valence-corrected chi connectivity index (χ0v) is 13.0. The van der Waals surface area contributed by atoms with Gasteiger partial charge in [0.2, 0.25) is 5.88 Å². The van der Waals surface area contributed by atoms with E-state index >= 15 is 0 Å². The number of aromatic nitrogens is 3. The van der Waals surface area contributed by atoms with Gasteiger partial charge in [0.1, 0.15) is 5.82 Å². The number of nitrogens with one attached hydrogen (secondary N) is 1. The van der Waals surface area contributed by atoms with Crippen LogP contribution < -0.4 is 10.4 Å². The summed E-state index contributed by atoms with van der Waals surface area (Å²) in [6.07, 6.45) is 1.70. The number of aromatic amines is 1. The molecule has 1 aromatic carbocycles. The number of hydrogen-bond donors (Lipinski definition) is 2. The van der Waals surface area contributed by atoms with Crippen molar-refractivity contribution >= 4 is 0 Å². The Kier molecular flexibility index (Phi) is 4.37. The molecule has 7 nitrogen and oxygen atoms in total. The SMILES string of the molecule is CCOc1noc(-c2ccc(F)cc2)c1CCn1cc(O)[nH]c1=O. The Morgan fingerprint density at radius 3 is 2.75 bits per heavy atom. The summed E-state index contributed by atoms with van der Waals surface area (Å²) in [5.41, 5.74) is 0.926. The minimum atomic E-state index is -0.412. The van der Waals surface area contributed by atoms with Gasteiger partial charge in [-0.05, 0) is 42.8 Å². The summed E-state index contributed by atoms with van der Waals surface area (Å²) in [6.45, 7) is 2.53. The number of nitrogens with zero attached hydrogens (tertiary/aromatic N) is 2. The highest BCUT2D eigenvalue weighted by Crippen LogP contribution is 2.31. The molecular formula is C16H16FN3O4. The van der Waals surface area contributed by atoms with Crippen LogP contribution in [0, 0.1) is 5.82 Å². The third-order valence-corrected chi connectivity index (χ3v) is 3.52. The summed E-state index contributed by atoms with van der Waals surface area (Å²) in [5, 5.41) is 13.2. The van der Waals surface area contributed by atoms with E-state index in [4.69, 9.17) is 9.26 Å². The summed E-state index contributed by atoms with van der Waals surface area (Å²) in [4.78, 5) is 13.9. The average Bonchev–Trinajstić information content (AvgIpc) is 3.09. The van der Waals surface area contributed by atoms with Crippen molar-refractivity contribution in [2.24, 2.45) is 0 Å². The number of aromatic hydroxyl groups is 1. The Morgan fingerprint density at radius 2 is 2.12 bits per heavy atom. The number of halogens is 1. The van der Waals surface area contributed by atoms with Crippen LogP contribution in [-0.4, -0.2) is 26.4 Å². The first-order chi connectivity index (χ1) is 11.6. The first-order valence-corrected chi connectivity index (χ1v) is 7.44. The summed E-state index contributed by atoms with van der Waals surface area (Å²) in [6, 6.07) is 5.83. The quantitative estimate of drug-likeness (QED) is 0.722. The number of benzene rings is 1. The molecule has 2 aromatic heterocycles. The summed E-state index contributed by atoms with van der Waals surface area (Å²) < 4.78 is 25.3. The number of ether oxygens (including phenoxy) is 1. The van der Waals surface area contributed by atoms with Crippen LogP contribution in [0.15, 0.2) is 39.8 Å². The van der Waals surface area contributed by atoms with E-state index in [0.717, 1.165) is 0 Å². The number of H-pyrrole nitrogens is 1. The lowest BCUT2D eigenvalue weighted by molar-refractivity contribution is 0.295. The first kappa shape index (κ1) is 15.9. The van der Waals surface area contributed by atoms with E-state index in [1.54, 1.807) is 12.1 Å². The van der Waals surface area contributed by atoms with Gasteiger partial charge >= 0.3 is 5.69 Å². The fourth-order valence-electron chi connectivity index (χ4n) is 2.41. The summed E-state index contributed by atoms with van der Waals surface area (Å²) in [5.74, 6) is 0.254. The number of hydrogen-bond acceptors (Lipinski definition) is 5. The smallest absolute Gasteiger partial charge is 0.328 e. The second-order valence-corrected chi connectivity index (χ2v) is 5.12. The standard InChI is InChI=1S/C16H16FN3O4/c1-2-23-15-12(7-8-20-9-13(21)18-16(20)22)14(24-19-15)10-3-5-11(17)6-4-10/h3-6,9,21H,2,7-8H2,1H3,(H,18,22). The lowest BCUT2D eigenvalue weighted by Gasteiger charge is -2.05. The molecule has 0 saturated heterocycles. The molecule has 0 radical (unpaired) electrons. The Labute approximate surface area is 136 Å². The van der Waals surface area contributed by atoms with Gasteiger partial charge in [0.05, 0.1) is 18.4 Å². The van der Waals surface area contributed by atoms with Crippen molar-refractivity contribution < 1.29 is 18.8 Å². The van der Waals surface area contributed by atoms with Gasteiger partial charge < -0.3 is 14.4 Å². The van der Waals surface area contributed by atoms with E-state index in [0.29, 0.717) is 42.3 Å². The van der Waals surface area contributed by atoms with Crippen molar-refractivity contribution in [3.63, 3.8) is 0 Å². The van der Waals surface area contributed by atoms with Crippen molar-refractivity contribution in [2.45, 2.75) is 19.9 Å². The van der Waals surface area contributed by atoms with Crippen LogP contribution in [0.5, 0.6) is 11.8 Å². The van der Waals surface area contributed by atoms with Crippen molar-refractivity contribution in [1.82, 2.24) is 14.7 Å². The lowest BCUT2D eigenvalue weighted by Crippen LogP contribution is -2.17. The molecule has 0 fully saturated rings. The van der Waals surface area contributed by atoms with E-state index in [2.05, 4.69) is 10.1 Å². The zero-order valence-electron chi connectivity index (χ0n) is 13.0. The van der Waals surface area contributed by atoms with Gasteiger partial charge in [-0.1, -0.05) is 0 Å². The van der Waals surface area contributed by atoms with Gasteiger partial charge in [0, 0.05) is 12.1 Å². The molecule has 0 aliphatic heterocycles. The normalized spacial score (nSPS) is 10.9. The molecule has 8 heteroatoms. The van der Waals surface area contributed by atoms with E-state index in [1.807, 2.05) is 6.92 Å². The Bertz CT molecular complexity index is 880. The van der Waals surface area contributed by atoms with Crippen LogP contribution in [0.4, 0.5) is 4.39 Å². The third-order valence-electron chi connectivity index (χ3n) is 3.52. The first-order valence-electron chi connectivity index (χ1n) is 7.44. The number of aryl methyl sites for hydroxylation is 1. The van der Waals surface area contributed by atoms with Gasteiger partial charge in [-0.2, -0.15) is 0 Å². The molecule has 126 valence electrons. The molecule has 0 atom stereocenters. The molecule has 24 heavy (non-hydrogen) atoms. The predicted molar refractivity (Wildman–Crippen MR) is 83.5 cm³/mol. The molecular weight excluding hydrogens is 317 g/mol. The molecule has 0 saturated carbocycles. The maximum Gasteiger partial charge on any atom is 0.328 e. The maximum absolute atomic E-state index is 13.1. The Balaban J connectivity index is 1.92. The third kappa shape index (κ3) is 3.17. The van der Waals surface area contributed by atoms with Gasteiger partial charge in [-0.15, -0.1) is 0 Å². The van der Waals surface area contributed by atoms with Crippen LogP contribution in [0.1, 0.15) is 12.5 Å². The lowest BCUT2D eigenvalue weighted by atomic mass is 10.1. The zero-order chi connectivity index (χ0) is 17.1. The topological polar surface area (TPSA) is 93.3 Å². The van der Waals surface area contributed by atoms with Crippen LogP contribution >= 0.6 is 0 Å². The number of rotatable bonds is 6. The van der Waals surface area contributed by atoms with E-state index in [9.17, 15) is 14.3 Å². The van der Waals surface area contributed by atoms with Crippen molar-refractivity contribution in [3.05, 3.63) is 52.3 Å². The largest absolute Gasteiger partial charge is 0.493 e. The molecule has 2 N–H and O–H groups in total. The van der Waals surface area contributed by atoms with E-state index < -0.39 is 5.69 Å². The van der Waals surface area contributed by atoms with Gasteiger partial charge in [-0.3, -0.25) is 9.55 Å². The highest BCUT2D eigenvalue weighted by atomic mass is 19.1. The molecule has 0 unspecified atom stereocenters. The second kappa shape index (κ2) is 6.61. The summed E-state index contributed by atoms with van der Waals surface area (Å²) >= 11 is 0. The Hall–Kier alpha value is -3.03. The number of imidazole rings is 1. The molecule has 3 rings (SSSR count). The van der Waals surface area contributed by atoms with Gasteiger partial charge in [0.15, 0.2) is 5.76 Å². The molecule has 3 aromatic rings. The molecule has 0 spiro atoms. The maximum atomic E-state index is 13.1. The fourth-order valence-corrected chi connectivity index (χ4v) is 2.41. The van der Waals surface area contributed by atoms with Crippen LogP contribution in [0.3, 0.4) is 0 Å². The summed E-state index contributed by atoms with van der Waals surface area (Å²) in [7, 11) is 0. The fraction of sp³-hybridized carbons (Fsp3) is 0.250. The van der Waals surface area contributed by atoms with E-state index in [-0.39, 0.29) is 11.7 Å². The van der Waals surface area contributed by atoms with Gasteiger partial charge in [-0.25, -0.2) is 9.18 Å². The van der Waals surface area contributed by atoms with Crippen molar-refractivity contribution in [1.29, 1.82) is 0 Å². The average molecular weight is 333 g/mol. The molecule has 0 bridgehead atoms. The van der Waals surface area contributed by atoms with Gasteiger partial charge in [0.25, 0.3) is 5.88 Å². The van der Waals surface area contributed by atoms with Crippen molar-refractivity contribution in [2.75, 3.05) is 6.61 Å². The van der Waals surface area contributed by atoms with Crippen LogP contribution in [-0.2, 0) is 13.0 Å². The highest BCUT2D eigenvalue weighted by Gasteiger charge is 2.19. The van der Waals surface area contributed by atoms with Crippen LogP contribution in [0.25, 0.3) is 11.3 Å². The van der Waals surface area contributed by atoms with E-state index in [1.165, 1.54) is 22.9 Å². The molecule has 2 heterocycles. The predicted octanol–water partition coefficient (Wildman–Crippen LogP) is 2.32.